The molecule has 7 nitrogen and oxygen atoms in total. The Morgan fingerprint density at radius 2 is 1.90 bits per heavy atom. The molecule has 0 atom stereocenters. The highest BCUT2D eigenvalue weighted by atomic mass is 19.4. The molecule has 0 unspecified atom stereocenters. The maximum atomic E-state index is 14.1. The van der Waals surface area contributed by atoms with Crippen molar-refractivity contribution in [3.8, 4) is 11.3 Å². The fourth-order valence-electron chi connectivity index (χ4n) is 4.48. The van der Waals surface area contributed by atoms with E-state index in [1.807, 2.05) is 0 Å². The largest absolute Gasteiger partial charge is 0.419 e. The van der Waals surface area contributed by atoms with E-state index in [9.17, 15) is 27.2 Å². The summed E-state index contributed by atoms with van der Waals surface area (Å²) in [4.78, 5) is 25.3. The van der Waals surface area contributed by atoms with Gasteiger partial charge >= 0.3 is 6.18 Å². The number of rotatable bonds is 4. The molecule has 31 heavy (non-hydrogen) atoms. The molecule has 1 aliphatic carbocycles. The minimum Gasteiger partial charge on any atom is -0.383 e. The third kappa shape index (κ3) is 3.33. The Kier molecular flexibility index (Phi) is 4.60. The van der Waals surface area contributed by atoms with Gasteiger partial charge in [0.05, 0.1) is 11.6 Å². The highest BCUT2D eigenvalue weighted by Gasteiger charge is 2.54. The molecular formula is C20H19F4N5O2. The fourth-order valence-corrected chi connectivity index (χ4v) is 4.48. The number of nitrogens with zero attached hydrogens (tertiary/aromatic N) is 3. The molecule has 1 saturated carbocycles. The van der Waals surface area contributed by atoms with E-state index >= 15 is 0 Å². The number of carbonyl (C=O) groups excluding carboxylic acids is 2. The Morgan fingerprint density at radius 1 is 1.26 bits per heavy atom. The molecule has 1 aromatic carbocycles. The van der Waals surface area contributed by atoms with Crippen molar-refractivity contribution in [2.45, 2.75) is 25.1 Å². The van der Waals surface area contributed by atoms with Gasteiger partial charge in [-0.15, -0.1) is 0 Å². The average Bonchev–Trinajstić information content (AvgIpc) is 2.95. The van der Waals surface area contributed by atoms with Crippen LogP contribution in [0, 0.1) is 11.2 Å². The summed E-state index contributed by atoms with van der Waals surface area (Å²) < 4.78 is 54.0. The molecule has 4 rings (SSSR count). The van der Waals surface area contributed by atoms with E-state index in [1.54, 1.807) is 4.90 Å². The van der Waals surface area contributed by atoms with E-state index in [1.165, 1.54) is 10.8 Å². The Hall–Kier alpha value is -3.37. The van der Waals surface area contributed by atoms with Gasteiger partial charge in [-0.25, -0.2) is 9.07 Å². The number of primary amides is 1. The van der Waals surface area contributed by atoms with E-state index < -0.39 is 23.5 Å². The summed E-state index contributed by atoms with van der Waals surface area (Å²) in [6.45, 7) is 4.61. The van der Waals surface area contributed by atoms with Crippen LogP contribution in [0.1, 0.15) is 34.8 Å². The van der Waals surface area contributed by atoms with Crippen molar-refractivity contribution in [3.63, 3.8) is 0 Å². The molecule has 0 bridgehead atoms. The quantitative estimate of drug-likeness (QED) is 0.567. The van der Waals surface area contributed by atoms with Crippen molar-refractivity contribution in [2.24, 2.45) is 11.1 Å². The molecule has 1 aromatic heterocycles. The van der Waals surface area contributed by atoms with Crippen LogP contribution in [0.4, 0.5) is 23.4 Å². The lowest BCUT2D eigenvalue weighted by Crippen LogP contribution is -2.63. The number of halogens is 4. The first-order valence-electron chi connectivity index (χ1n) is 9.42. The first kappa shape index (κ1) is 20.9. The van der Waals surface area contributed by atoms with Crippen LogP contribution in [-0.2, 0) is 11.0 Å². The van der Waals surface area contributed by atoms with Gasteiger partial charge in [0.1, 0.15) is 22.9 Å². The topological polar surface area (TPSA) is 107 Å². The van der Waals surface area contributed by atoms with Crippen LogP contribution in [0.2, 0.25) is 0 Å². The van der Waals surface area contributed by atoms with Gasteiger partial charge in [-0.3, -0.25) is 9.59 Å². The number of benzene rings is 1. The Morgan fingerprint density at radius 3 is 2.42 bits per heavy atom. The lowest BCUT2D eigenvalue weighted by Gasteiger charge is -2.58. The summed E-state index contributed by atoms with van der Waals surface area (Å²) in [6, 6.07) is 2.10. The Balaban J connectivity index is 1.61. The van der Waals surface area contributed by atoms with Gasteiger partial charge in [0.15, 0.2) is 0 Å². The monoisotopic (exact) mass is 437 g/mol. The smallest absolute Gasteiger partial charge is 0.383 e. The molecule has 0 radical (unpaired) electrons. The van der Waals surface area contributed by atoms with Gasteiger partial charge < -0.3 is 16.4 Å². The number of amides is 2. The molecule has 1 spiro atoms. The summed E-state index contributed by atoms with van der Waals surface area (Å²) >= 11 is 0. The van der Waals surface area contributed by atoms with Gasteiger partial charge in [0, 0.05) is 24.1 Å². The number of nitrogen functional groups attached to an aromatic ring is 1. The molecule has 11 heteroatoms. The molecule has 2 aliphatic rings. The Bertz CT molecular complexity index is 1090. The van der Waals surface area contributed by atoms with E-state index in [0.29, 0.717) is 38.1 Å². The average molecular weight is 437 g/mol. The van der Waals surface area contributed by atoms with Crippen LogP contribution in [0.3, 0.4) is 0 Å². The van der Waals surface area contributed by atoms with Crippen molar-refractivity contribution >= 4 is 17.6 Å². The maximum absolute atomic E-state index is 14.1. The summed E-state index contributed by atoms with van der Waals surface area (Å²) in [5.74, 6) is -2.58. The number of anilines is 1. The normalized spacial score (nSPS) is 17.9. The third-order valence-corrected chi connectivity index (χ3v) is 5.96. The predicted molar refractivity (Wildman–Crippen MR) is 103 cm³/mol. The number of carbonyl (C=O) groups is 2. The number of alkyl halides is 3. The molecule has 1 aliphatic heterocycles. The van der Waals surface area contributed by atoms with Crippen LogP contribution < -0.4 is 11.5 Å². The van der Waals surface area contributed by atoms with E-state index in [0.717, 1.165) is 6.07 Å². The van der Waals surface area contributed by atoms with E-state index in [-0.39, 0.29) is 40.0 Å². The molecule has 2 heterocycles. The van der Waals surface area contributed by atoms with Crippen LogP contribution >= 0.6 is 0 Å². The summed E-state index contributed by atoms with van der Waals surface area (Å²) in [7, 11) is 0. The van der Waals surface area contributed by atoms with Gasteiger partial charge in [0.25, 0.3) is 5.91 Å². The number of hydrogen-bond acceptors (Lipinski definition) is 4. The van der Waals surface area contributed by atoms with Crippen LogP contribution in [0.15, 0.2) is 30.9 Å². The lowest BCUT2D eigenvalue weighted by molar-refractivity contribution is -0.149. The molecule has 2 amide bonds. The van der Waals surface area contributed by atoms with Crippen LogP contribution in [0.25, 0.3) is 11.3 Å². The third-order valence-electron chi connectivity index (χ3n) is 5.96. The zero-order chi connectivity index (χ0) is 22.7. The van der Waals surface area contributed by atoms with Gasteiger partial charge in [-0.05, 0) is 31.1 Å². The van der Waals surface area contributed by atoms with Crippen LogP contribution in [-0.4, -0.2) is 39.6 Å². The number of nitrogens with two attached hydrogens (primary N) is 2. The standard InChI is InChI=1S/C20H19F4N5O2/c1-2-14(30)28-8-19(9-28)6-11(7-19)29-17(25)15(18(26)31)16(27-29)10-3-4-12(13(21)5-10)20(22,23)24/h2-5,11H,1,6-9,25H2,(H2,26,31). The number of aromatic nitrogens is 2. The van der Waals surface area contributed by atoms with Gasteiger partial charge in [0.2, 0.25) is 5.91 Å². The second kappa shape index (κ2) is 6.82. The fraction of sp³-hybridized carbons (Fsp3) is 0.350. The summed E-state index contributed by atoms with van der Waals surface area (Å²) in [5.41, 5.74) is 9.74. The van der Waals surface area contributed by atoms with E-state index in [4.69, 9.17) is 11.5 Å². The molecule has 2 aromatic rings. The highest BCUT2D eigenvalue weighted by molar-refractivity contribution is 6.03. The van der Waals surface area contributed by atoms with Crippen molar-refractivity contribution in [2.75, 3.05) is 18.8 Å². The summed E-state index contributed by atoms with van der Waals surface area (Å²) in [5, 5.41) is 4.30. The second-order valence-corrected chi connectivity index (χ2v) is 8.07. The first-order valence-corrected chi connectivity index (χ1v) is 9.42. The predicted octanol–water partition coefficient (Wildman–Crippen LogP) is 2.74. The van der Waals surface area contributed by atoms with Crippen molar-refractivity contribution in [3.05, 3.63) is 47.8 Å². The minimum atomic E-state index is -4.85. The zero-order valence-electron chi connectivity index (χ0n) is 16.2. The summed E-state index contributed by atoms with van der Waals surface area (Å²) in [6.07, 6.45) is -2.29. The molecule has 1 saturated heterocycles. The molecule has 2 fully saturated rings. The SMILES string of the molecule is C=CC(=O)N1CC2(CC(n3nc(-c4ccc(C(F)(F)F)c(F)c4)c(C(N)=O)c3N)C2)C1. The number of likely N-dealkylation sites (tertiary alicyclic amines) is 1. The first-order chi connectivity index (χ1) is 14.5. The lowest BCUT2D eigenvalue weighted by atomic mass is 9.60. The molecule has 164 valence electrons. The van der Waals surface area contributed by atoms with Crippen molar-refractivity contribution in [1.29, 1.82) is 0 Å². The zero-order valence-corrected chi connectivity index (χ0v) is 16.2. The second-order valence-electron chi connectivity index (χ2n) is 8.07. The number of hydrogen-bond donors (Lipinski definition) is 2. The molecule has 4 N–H and O–H groups in total. The van der Waals surface area contributed by atoms with E-state index in [2.05, 4.69) is 11.7 Å². The van der Waals surface area contributed by atoms with Crippen molar-refractivity contribution < 1.29 is 27.2 Å². The van der Waals surface area contributed by atoms with Crippen molar-refractivity contribution in [1.82, 2.24) is 14.7 Å². The van der Waals surface area contributed by atoms with Gasteiger partial charge in [-0.2, -0.15) is 18.3 Å². The van der Waals surface area contributed by atoms with Gasteiger partial charge in [-0.1, -0.05) is 12.6 Å². The minimum absolute atomic E-state index is 0.0268. The maximum Gasteiger partial charge on any atom is 0.419 e. The van der Waals surface area contributed by atoms with Crippen LogP contribution in [0.5, 0.6) is 0 Å². The molecular weight excluding hydrogens is 418 g/mol. The highest BCUT2D eigenvalue weighted by Crippen LogP contribution is 2.55. The Labute approximate surface area is 174 Å².